The van der Waals surface area contributed by atoms with E-state index in [1.165, 1.54) is 6.42 Å². The lowest BCUT2D eigenvalue weighted by atomic mass is 9.45. The molecule has 0 aromatic heterocycles. The molecule has 3 aromatic carbocycles. The van der Waals surface area contributed by atoms with E-state index in [-0.39, 0.29) is 42.8 Å². The van der Waals surface area contributed by atoms with Crippen molar-refractivity contribution in [3.63, 3.8) is 0 Å². The third-order valence-electron chi connectivity index (χ3n) is 12.8. The minimum absolute atomic E-state index is 0.0396. The van der Waals surface area contributed by atoms with Crippen molar-refractivity contribution < 1.29 is 29.0 Å². The molecule has 2 heterocycles. The number of rotatable bonds is 12. The smallest absolute Gasteiger partial charge is 0.255 e. The van der Waals surface area contributed by atoms with Crippen LogP contribution >= 0.6 is 0 Å². The van der Waals surface area contributed by atoms with Gasteiger partial charge in [-0.05, 0) is 77.2 Å². The van der Waals surface area contributed by atoms with E-state index in [4.69, 9.17) is 14.3 Å². The van der Waals surface area contributed by atoms with Crippen molar-refractivity contribution in [1.29, 1.82) is 0 Å². The summed E-state index contributed by atoms with van der Waals surface area (Å²) in [5.41, 5.74) is 5.52. The number of hydrogen-bond acceptors (Lipinski definition) is 7. The lowest BCUT2D eigenvalue weighted by molar-refractivity contribution is -0.183. The Morgan fingerprint density at radius 1 is 1.08 bits per heavy atom. The van der Waals surface area contributed by atoms with Crippen LogP contribution in [0.5, 0.6) is 11.5 Å². The standard InChI is InChI=1S/C43H55N3O6/c1-25(2)37-36(24-47)52-46(38(37)42(49)45-35-22-31-21-34(26(35)3)43(31,4)5)23-29-13-10-14-32(39(29)50-6)30-19-28-16-18-51-40(28)33(20-30)41(48)44-17-15-27-11-8-7-9-12-27/h7-14,19-20,25-26,31,34-38,47H,15-18,21-24H2,1-6H3,(H,44,48)(H,45,49)/t26-,31-,34+,35-,36-,37-,38-/m0/s1. The van der Waals surface area contributed by atoms with Crippen LogP contribution < -0.4 is 20.1 Å². The van der Waals surface area contributed by atoms with E-state index in [0.29, 0.717) is 59.8 Å². The van der Waals surface area contributed by atoms with Crippen LogP contribution in [0.4, 0.5) is 0 Å². The summed E-state index contributed by atoms with van der Waals surface area (Å²) in [6.07, 6.45) is 3.19. The second-order valence-corrected chi connectivity index (χ2v) is 16.3. The average molecular weight is 710 g/mol. The predicted molar refractivity (Wildman–Crippen MR) is 201 cm³/mol. The lowest BCUT2D eigenvalue weighted by Gasteiger charge is -2.62. The van der Waals surface area contributed by atoms with Gasteiger partial charge >= 0.3 is 0 Å². The molecule has 3 saturated carbocycles. The van der Waals surface area contributed by atoms with Gasteiger partial charge in [-0.15, -0.1) is 0 Å². The molecule has 2 aliphatic heterocycles. The van der Waals surface area contributed by atoms with Crippen molar-refractivity contribution in [2.75, 3.05) is 26.9 Å². The third kappa shape index (κ3) is 6.72. The van der Waals surface area contributed by atoms with E-state index in [9.17, 15) is 14.7 Å². The number of ether oxygens (including phenoxy) is 2. The summed E-state index contributed by atoms with van der Waals surface area (Å²) < 4.78 is 12.1. The molecular formula is C43H55N3O6. The third-order valence-corrected chi connectivity index (χ3v) is 12.8. The van der Waals surface area contributed by atoms with E-state index in [1.54, 1.807) is 12.2 Å². The van der Waals surface area contributed by atoms with Crippen LogP contribution in [-0.4, -0.2) is 67.0 Å². The number of methoxy groups -OCH3 is 1. The monoisotopic (exact) mass is 709 g/mol. The highest BCUT2D eigenvalue weighted by Gasteiger charge is 2.57. The summed E-state index contributed by atoms with van der Waals surface area (Å²) in [5, 5.41) is 18.8. The molecule has 9 heteroatoms. The summed E-state index contributed by atoms with van der Waals surface area (Å²) in [6, 6.07) is 19.6. The van der Waals surface area contributed by atoms with Gasteiger partial charge in [-0.3, -0.25) is 14.4 Å². The number of amides is 2. The molecule has 3 aliphatic carbocycles. The molecule has 7 atom stereocenters. The van der Waals surface area contributed by atoms with Crippen molar-refractivity contribution in [2.24, 2.45) is 35.0 Å². The number of carbonyl (C=O) groups is 2. The van der Waals surface area contributed by atoms with Gasteiger partial charge in [-0.1, -0.05) is 83.1 Å². The molecule has 2 bridgehead atoms. The predicted octanol–water partition coefficient (Wildman–Crippen LogP) is 6.21. The average Bonchev–Trinajstić information content (AvgIpc) is 3.77. The normalized spacial score (nSPS) is 27.4. The van der Waals surface area contributed by atoms with Crippen LogP contribution in [0, 0.1) is 35.0 Å². The van der Waals surface area contributed by atoms with Crippen LogP contribution in [0.25, 0.3) is 11.1 Å². The number of para-hydroxylation sites is 1. The SMILES string of the molecule is COc1c(CN2O[C@@H](CO)[C@H](C(C)C)[C@H]2C(=O)N[C@H]2C[C@@H]3C[C@H]([C@@H]2C)C3(C)C)cccc1-c1cc2c(c(C(=O)NCCc3ccccc3)c1)OCC2. The van der Waals surface area contributed by atoms with Gasteiger partial charge in [0, 0.05) is 36.1 Å². The van der Waals surface area contributed by atoms with Crippen molar-refractivity contribution >= 4 is 11.8 Å². The van der Waals surface area contributed by atoms with Gasteiger partial charge in [-0.2, -0.15) is 5.06 Å². The second-order valence-electron chi connectivity index (χ2n) is 16.3. The minimum atomic E-state index is -0.577. The molecule has 5 aliphatic rings. The highest BCUT2D eigenvalue weighted by Crippen LogP contribution is 2.61. The molecule has 52 heavy (non-hydrogen) atoms. The zero-order valence-electron chi connectivity index (χ0n) is 31.5. The van der Waals surface area contributed by atoms with E-state index in [1.807, 2.05) is 42.5 Å². The Morgan fingerprint density at radius 2 is 1.87 bits per heavy atom. The molecule has 3 N–H and O–H groups in total. The van der Waals surface area contributed by atoms with E-state index in [0.717, 1.165) is 40.7 Å². The van der Waals surface area contributed by atoms with Crippen LogP contribution in [0.15, 0.2) is 60.7 Å². The number of hydroxylamine groups is 2. The van der Waals surface area contributed by atoms with Crippen LogP contribution in [0.3, 0.4) is 0 Å². The highest BCUT2D eigenvalue weighted by atomic mass is 16.7. The highest BCUT2D eigenvalue weighted by molar-refractivity contribution is 5.99. The summed E-state index contributed by atoms with van der Waals surface area (Å²) in [7, 11) is 1.65. The number of aliphatic hydroxyl groups is 1. The fourth-order valence-corrected chi connectivity index (χ4v) is 9.74. The van der Waals surface area contributed by atoms with Crippen molar-refractivity contribution in [2.45, 2.75) is 85.0 Å². The quantitative estimate of drug-likeness (QED) is 0.205. The Bertz CT molecular complexity index is 1780. The summed E-state index contributed by atoms with van der Waals surface area (Å²) in [6.45, 7) is 12.4. The topological polar surface area (TPSA) is 109 Å². The molecule has 0 spiro atoms. The van der Waals surface area contributed by atoms with Crippen molar-refractivity contribution in [3.8, 4) is 22.6 Å². The Hall–Kier alpha value is -3.92. The zero-order chi connectivity index (χ0) is 36.7. The first kappa shape index (κ1) is 36.4. The Morgan fingerprint density at radius 3 is 2.56 bits per heavy atom. The molecular weight excluding hydrogens is 654 g/mol. The van der Waals surface area contributed by atoms with Gasteiger partial charge in [0.25, 0.3) is 5.91 Å². The number of benzene rings is 3. The Labute approximate surface area is 308 Å². The number of hydrogen-bond donors (Lipinski definition) is 3. The molecule has 8 rings (SSSR count). The molecule has 4 fully saturated rings. The zero-order valence-corrected chi connectivity index (χ0v) is 31.5. The van der Waals surface area contributed by atoms with Gasteiger partial charge in [0.1, 0.15) is 23.6 Å². The lowest BCUT2D eigenvalue weighted by Crippen LogP contribution is -2.62. The number of fused-ring (bicyclic) bond motifs is 3. The maximum Gasteiger partial charge on any atom is 0.255 e. The second kappa shape index (κ2) is 14.8. The molecule has 1 saturated heterocycles. The summed E-state index contributed by atoms with van der Waals surface area (Å²) >= 11 is 0. The Balaban J connectivity index is 1.14. The van der Waals surface area contributed by atoms with Gasteiger partial charge < -0.3 is 25.2 Å². The maximum absolute atomic E-state index is 14.3. The van der Waals surface area contributed by atoms with Crippen LogP contribution in [-0.2, 0) is 29.0 Å². The molecule has 9 nitrogen and oxygen atoms in total. The first-order valence-corrected chi connectivity index (χ1v) is 19.1. The number of nitrogens with zero attached hydrogens (tertiary/aromatic N) is 1. The molecule has 0 radical (unpaired) electrons. The van der Waals surface area contributed by atoms with E-state index < -0.39 is 12.1 Å². The fraction of sp³-hybridized carbons (Fsp3) is 0.535. The van der Waals surface area contributed by atoms with Gasteiger partial charge in [0.15, 0.2) is 0 Å². The molecule has 0 unspecified atom stereocenters. The van der Waals surface area contributed by atoms with Gasteiger partial charge in [-0.25, -0.2) is 0 Å². The number of nitrogens with one attached hydrogen (secondary N) is 2. The van der Waals surface area contributed by atoms with E-state index >= 15 is 0 Å². The largest absolute Gasteiger partial charge is 0.496 e. The first-order chi connectivity index (χ1) is 25.0. The van der Waals surface area contributed by atoms with Crippen LogP contribution in [0.2, 0.25) is 0 Å². The summed E-state index contributed by atoms with van der Waals surface area (Å²) in [5.74, 6) is 2.62. The minimum Gasteiger partial charge on any atom is -0.496 e. The first-order valence-electron chi connectivity index (χ1n) is 19.1. The number of aliphatic hydroxyl groups excluding tert-OH is 1. The van der Waals surface area contributed by atoms with Gasteiger partial charge in [0.2, 0.25) is 5.91 Å². The molecule has 278 valence electrons. The van der Waals surface area contributed by atoms with Crippen molar-refractivity contribution in [3.05, 3.63) is 82.9 Å². The van der Waals surface area contributed by atoms with Gasteiger partial charge in [0.05, 0.1) is 32.4 Å². The molecule has 3 aromatic rings. The summed E-state index contributed by atoms with van der Waals surface area (Å²) in [4.78, 5) is 34.3. The van der Waals surface area contributed by atoms with E-state index in [2.05, 4.69) is 63.5 Å². The molecule has 2 amide bonds. The van der Waals surface area contributed by atoms with Crippen LogP contribution in [0.1, 0.15) is 74.5 Å². The number of carbonyl (C=O) groups excluding carboxylic acids is 2. The van der Waals surface area contributed by atoms with Crippen molar-refractivity contribution in [1.82, 2.24) is 15.7 Å². The fourth-order valence-electron chi connectivity index (χ4n) is 9.74. The maximum atomic E-state index is 14.3. The Kier molecular flexibility index (Phi) is 10.4.